The molecular formula is C6H4O6. The molecule has 0 fully saturated rings. The van der Waals surface area contributed by atoms with Gasteiger partial charge in [0.25, 0.3) is 0 Å². The van der Waals surface area contributed by atoms with Gasteiger partial charge in [-0.15, -0.1) is 0 Å². The Bertz CT molecular complexity index is 216. The van der Waals surface area contributed by atoms with E-state index in [1.165, 1.54) is 0 Å². The summed E-state index contributed by atoms with van der Waals surface area (Å²) in [4.78, 5) is 40.2. The maximum absolute atomic E-state index is 10.3. The van der Waals surface area contributed by atoms with Crippen molar-refractivity contribution in [2.75, 3.05) is 0 Å². The Hall–Kier alpha value is -1.98. The summed E-state index contributed by atoms with van der Waals surface area (Å²) in [7, 11) is 0. The van der Waals surface area contributed by atoms with Crippen molar-refractivity contribution in [3.05, 3.63) is 12.7 Å². The van der Waals surface area contributed by atoms with Gasteiger partial charge in [-0.3, -0.25) is 4.79 Å². The lowest BCUT2D eigenvalue weighted by Crippen LogP contribution is -2.16. The molecule has 0 heterocycles. The van der Waals surface area contributed by atoms with E-state index in [4.69, 9.17) is 0 Å². The summed E-state index contributed by atoms with van der Waals surface area (Å²) in [6.07, 6.45) is -1.09. The van der Waals surface area contributed by atoms with Crippen molar-refractivity contribution in [1.82, 2.24) is 0 Å². The molecule has 0 radical (unpaired) electrons. The summed E-state index contributed by atoms with van der Waals surface area (Å²) in [6.45, 7) is 2.98. The van der Waals surface area contributed by atoms with E-state index in [9.17, 15) is 19.2 Å². The summed E-state index contributed by atoms with van der Waals surface area (Å²) in [5.41, 5.74) is 0. The van der Waals surface area contributed by atoms with Crippen LogP contribution in [0.5, 0.6) is 0 Å². The third-order valence-corrected chi connectivity index (χ3v) is 0.631. The fraction of sp³-hybridized carbons (Fsp3) is 0. The van der Waals surface area contributed by atoms with Gasteiger partial charge in [0, 0.05) is 6.08 Å². The van der Waals surface area contributed by atoms with E-state index < -0.39 is 18.1 Å². The Labute approximate surface area is 66.7 Å². The van der Waals surface area contributed by atoms with E-state index in [1.807, 2.05) is 0 Å². The number of esters is 2. The van der Waals surface area contributed by atoms with E-state index in [-0.39, 0.29) is 6.29 Å². The van der Waals surface area contributed by atoms with Crippen LogP contribution in [0.15, 0.2) is 12.7 Å². The number of hydrogen-bond donors (Lipinski definition) is 0. The molecule has 0 amide bonds. The van der Waals surface area contributed by atoms with Crippen LogP contribution < -0.4 is 0 Å². The first-order valence-corrected chi connectivity index (χ1v) is 2.65. The predicted molar refractivity (Wildman–Crippen MR) is 33.8 cm³/mol. The van der Waals surface area contributed by atoms with Crippen LogP contribution in [0.2, 0.25) is 0 Å². The molecule has 0 aromatic carbocycles. The zero-order valence-corrected chi connectivity index (χ0v) is 5.81. The largest absolute Gasteiger partial charge is 0.524 e. The SMILES string of the molecule is C=CC(=O)OC(=O)OC(=O)C=O. The number of carbonyl (C=O) groups excluding carboxylic acids is 4. The van der Waals surface area contributed by atoms with Gasteiger partial charge >= 0.3 is 18.1 Å². The molecule has 0 N–H and O–H groups in total. The smallest absolute Gasteiger partial charge is 0.357 e. The molecule has 12 heavy (non-hydrogen) atoms. The van der Waals surface area contributed by atoms with Crippen molar-refractivity contribution >= 4 is 24.4 Å². The van der Waals surface area contributed by atoms with Crippen molar-refractivity contribution in [2.24, 2.45) is 0 Å². The standard InChI is InChI=1S/C6H4O6/c1-2-4(8)11-6(10)12-5(9)3-7/h2-3H,1H2. The highest BCUT2D eigenvalue weighted by atomic mass is 16.8. The minimum Gasteiger partial charge on any atom is -0.357 e. The van der Waals surface area contributed by atoms with Crippen LogP contribution in [0.1, 0.15) is 0 Å². The number of aldehydes is 1. The second kappa shape index (κ2) is 4.78. The van der Waals surface area contributed by atoms with Gasteiger partial charge in [-0.05, 0) is 0 Å². The van der Waals surface area contributed by atoms with Gasteiger partial charge in [-0.2, -0.15) is 0 Å². The Kier molecular flexibility index (Phi) is 3.99. The number of ether oxygens (including phenoxy) is 2. The predicted octanol–water partition coefficient (Wildman–Crippen LogP) is -0.422. The Morgan fingerprint density at radius 3 is 2.00 bits per heavy atom. The zero-order valence-electron chi connectivity index (χ0n) is 5.81. The van der Waals surface area contributed by atoms with Crippen molar-refractivity contribution in [1.29, 1.82) is 0 Å². The molecule has 0 aromatic heterocycles. The van der Waals surface area contributed by atoms with Crippen LogP contribution in [0.4, 0.5) is 4.79 Å². The molecule has 0 unspecified atom stereocenters. The molecule has 0 spiro atoms. The van der Waals surface area contributed by atoms with Crippen LogP contribution in [0.3, 0.4) is 0 Å². The molecule has 0 bridgehead atoms. The number of rotatable bonds is 2. The van der Waals surface area contributed by atoms with E-state index >= 15 is 0 Å². The highest BCUT2D eigenvalue weighted by molar-refractivity contribution is 6.22. The van der Waals surface area contributed by atoms with Gasteiger partial charge < -0.3 is 9.47 Å². The quantitative estimate of drug-likeness (QED) is 0.185. The number of carbonyl (C=O) groups is 4. The lowest BCUT2D eigenvalue weighted by molar-refractivity contribution is -0.148. The lowest BCUT2D eigenvalue weighted by Gasteiger charge is -1.95. The van der Waals surface area contributed by atoms with Crippen LogP contribution >= 0.6 is 0 Å². The third-order valence-electron chi connectivity index (χ3n) is 0.631. The fourth-order valence-corrected chi connectivity index (χ4v) is 0.251. The van der Waals surface area contributed by atoms with Crippen LogP contribution in [-0.4, -0.2) is 24.4 Å². The summed E-state index contributed by atoms with van der Waals surface area (Å²) in [6, 6.07) is 0. The van der Waals surface area contributed by atoms with Crippen LogP contribution in [-0.2, 0) is 23.9 Å². The highest BCUT2D eigenvalue weighted by Gasteiger charge is 2.12. The van der Waals surface area contributed by atoms with Crippen molar-refractivity contribution in [3.63, 3.8) is 0 Å². The van der Waals surface area contributed by atoms with E-state index in [0.717, 1.165) is 0 Å². The topological polar surface area (TPSA) is 86.7 Å². The molecule has 0 aliphatic heterocycles. The van der Waals surface area contributed by atoms with E-state index in [1.54, 1.807) is 0 Å². The summed E-state index contributed by atoms with van der Waals surface area (Å²) in [5, 5.41) is 0. The van der Waals surface area contributed by atoms with Gasteiger partial charge in [0.05, 0.1) is 0 Å². The fourth-order valence-electron chi connectivity index (χ4n) is 0.251. The van der Waals surface area contributed by atoms with Gasteiger partial charge in [0.2, 0.25) is 6.29 Å². The van der Waals surface area contributed by atoms with Gasteiger partial charge in [0.1, 0.15) is 0 Å². The first-order chi connectivity index (χ1) is 5.60. The lowest BCUT2D eigenvalue weighted by atomic mass is 10.7. The summed E-state index contributed by atoms with van der Waals surface area (Å²) >= 11 is 0. The van der Waals surface area contributed by atoms with Crippen molar-refractivity contribution < 1.29 is 28.7 Å². The normalized spacial score (nSPS) is 8.00. The monoisotopic (exact) mass is 172 g/mol. The molecule has 0 aliphatic carbocycles. The Morgan fingerprint density at radius 2 is 1.58 bits per heavy atom. The molecule has 0 rings (SSSR count). The molecule has 0 atom stereocenters. The van der Waals surface area contributed by atoms with Crippen molar-refractivity contribution in [3.8, 4) is 0 Å². The zero-order chi connectivity index (χ0) is 9.56. The minimum atomic E-state index is -1.56. The average molecular weight is 172 g/mol. The molecule has 0 aliphatic rings. The maximum Gasteiger partial charge on any atom is 0.524 e. The number of hydrogen-bond acceptors (Lipinski definition) is 6. The third kappa shape index (κ3) is 3.94. The molecule has 0 aromatic rings. The van der Waals surface area contributed by atoms with Gasteiger partial charge in [-0.25, -0.2) is 14.4 Å². The van der Waals surface area contributed by atoms with Crippen LogP contribution in [0.25, 0.3) is 0 Å². The molecule has 0 saturated heterocycles. The molecule has 64 valence electrons. The molecule has 6 nitrogen and oxygen atoms in total. The first kappa shape index (κ1) is 10.0. The van der Waals surface area contributed by atoms with E-state index in [0.29, 0.717) is 6.08 Å². The summed E-state index contributed by atoms with van der Waals surface area (Å²) in [5.74, 6) is -2.50. The van der Waals surface area contributed by atoms with Gasteiger partial charge in [0.15, 0.2) is 0 Å². The minimum absolute atomic E-state index is 0.236. The highest BCUT2D eigenvalue weighted by Crippen LogP contribution is 1.86. The van der Waals surface area contributed by atoms with Gasteiger partial charge in [-0.1, -0.05) is 6.58 Å². The van der Waals surface area contributed by atoms with E-state index in [2.05, 4.69) is 16.1 Å². The van der Waals surface area contributed by atoms with Crippen LogP contribution in [0, 0.1) is 0 Å². The Balaban J connectivity index is 3.89. The molecule has 0 saturated carbocycles. The van der Waals surface area contributed by atoms with Crippen molar-refractivity contribution in [2.45, 2.75) is 0 Å². The summed E-state index contributed by atoms with van der Waals surface area (Å²) < 4.78 is 7.41. The molecule has 6 heteroatoms. The second-order valence-electron chi connectivity index (χ2n) is 1.41. The molecular weight excluding hydrogens is 168 g/mol. The maximum atomic E-state index is 10.3. The Morgan fingerprint density at radius 1 is 1.08 bits per heavy atom. The first-order valence-electron chi connectivity index (χ1n) is 2.65. The average Bonchev–Trinajstić information content (AvgIpc) is 2.03. The second-order valence-corrected chi connectivity index (χ2v) is 1.41.